The van der Waals surface area contributed by atoms with E-state index in [0.717, 1.165) is 40.6 Å². The molecule has 2 aromatic carbocycles. The average Bonchev–Trinajstić information content (AvgIpc) is 3.60. The number of hydrogen-bond donors (Lipinski definition) is 2. The summed E-state index contributed by atoms with van der Waals surface area (Å²) in [6.45, 7) is 1.52. The number of rotatable bonds is 7. The Bertz CT molecular complexity index is 1320. The summed E-state index contributed by atoms with van der Waals surface area (Å²) >= 11 is 0. The highest BCUT2D eigenvalue weighted by Gasteiger charge is 2.30. The van der Waals surface area contributed by atoms with E-state index in [9.17, 15) is 9.59 Å². The number of nitrogens with zero attached hydrogens (tertiary/aromatic N) is 2. The number of aromatic amines is 1. The van der Waals surface area contributed by atoms with Crippen molar-refractivity contribution in [1.29, 1.82) is 0 Å². The second-order valence-electron chi connectivity index (χ2n) is 9.64. The van der Waals surface area contributed by atoms with Gasteiger partial charge in [0.05, 0.1) is 12.2 Å². The van der Waals surface area contributed by atoms with Gasteiger partial charge in [0.25, 0.3) is 5.91 Å². The summed E-state index contributed by atoms with van der Waals surface area (Å²) in [5.41, 5.74) is 4.50. The molecule has 7 heteroatoms. The summed E-state index contributed by atoms with van der Waals surface area (Å²) in [5, 5.41) is 4.36. The minimum absolute atomic E-state index is 0.00856. The molecule has 0 radical (unpaired) electrons. The Kier molecular flexibility index (Phi) is 6.80. The minimum atomic E-state index is -0.239. The van der Waals surface area contributed by atoms with Crippen LogP contribution in [-0.2, 0) is 4.79 Å². The lowest BCUT2D eigenvalue weighted by atomic mass is 9.90. The molecule has 2 amide bonds. The number of nitrogens with one attached hydrogen (secondary N) is 2. The maximum absolute atomic E-state index is 13.3. The third-order valence-corrected chi connectivity index (χ3v) is 7.10. The number of anilines is 1. The second-order valence-corrected chi connectivity index (χ2v) is 9.64. The number of fused-ring (bicyclic) bond motifs is 1. The Morgan fingerprint density at radius 2 is 1.92 bits per heavy atom. The summed E-state index contributed by atoms with van der Waals surface area (Å²) in [6.07, 6.45) is 5.11. The molecule has 1 aliphatic heterocycles. The first-order chi connectivity index (χ1) is 17.5. The zero-order valence-electron chi connectivity index (χ0n) is 20.7. The highest BCUT2D eigenvalue weighted by Crippen LogP contribution is 2.31. The molecule has 7 nitrogen and oxygen atoms in total. The SMILES string of the molecule is CN(C)c1ccc(C(CNC(=O)C2CCCN(C(=O)c3ccco3)C2)c2c[nH]c3ccccc23)cc1. The van der Waals surface area contributed by atoms with E-state index in [1.165, 1.54) is 6.26 Å². The number of aromatic nitrogens is 1. The fourth-order valence-electron chi connectivity index (χ4n) is 5.07. The van der Waals surface area contributed by atoms with Crippen molar-refractivity contribution in [2.45, 2.75) is 18.8 Å². The summed E-state index contributed by atoms with van der Waals surface area (Å²) < 4.78 is 5.27. The third kappa shape index (κ3) is 4.87. The van der Waals surface area contributed by atoms with Crippen LogP contribution in [0.25, 0.3) is 10.9 Å². The number of furan rings is 1. The summed E-state index contributed by atoms with van der Waals surface area (Å²) in [4.78, 5) is 33.2. The number of H-pyrrole nitrogens is 1. The molecule has 4 aromatic rings. The van der Waals surface area contributed by atoms with Gasteiger partial charge in [0.1, 0.15) is 0 Å². The van der Waals surface area contributed by atoms with Gasteiger partial charge in [-0.15, -0.1) is 0 Å². The number of carbonyl (C=O) groups excluding carboxylic acids is 2. The third-order valence-electron chi connectivity index (χ3n) is 7.10. The topological polar surface area (TPSA) is 81.6 Å². The minimum Gasteiger partial charge on any atom is -0.459 e. The molecule has 1 saturated heterocycles. The van der Waals surface area contributed by atoms with E-state index in [0.29, 0.717) is 25.4 Å². The van der Waals surface area contributed by atoms with Crippen LogP contribution in [0.3, 0.4) is 0 Å². The number of likely N-dealkylation sites (tertiary alicyclic amines) is 1. The average molecular weight is 485 g/mol. The molecule has 186 valence electrons. The lowest BCUT2D eigenvalue weighted by Gasteiger charge is -2.32. The van der Waals surface area contributed by atoms with Gasteiger partial charge in [-0.3, -0.25) is 9.59 Å². The van der Waals surface area contributed by atoms with E-state index in [2.05, 4.69) is 51.6 Å². The van der Waals surface area contributed by atoms with Crippen LogP contribution >= 0.6 is 0 Å². The predicted molar refractivity (Wildman–Crippen MR) is 141 cm³/mol. The molecular weight excluding hydrogens is 452 g/mol. The number of para-hydroxylation sites is 1. The van der Waals surface area contributed by atoms with Crippen molar-refractivity contribution >= 4 is 28.4 Å². The standard InChI is InChI=1S/C29H32N4O3/c1-32(2)22-13-11-20(12-14-22)24(25-18-30-26-9-4-3-8-23(25)26)17-31-28(34)21-7-5-15-33(19-21)29(35)27-10-6-16-36-27/h3-4,6,8-14,16,18,21,24,30H,5,7,15,17,19H2,1-2H3,(H,31,34). The van der Waals surface area contributed by atoms with Crippen molar-refractivity contribution in [2.24, 2.45) is 5.92 Å². The van der Waals surface area contributed by atoms with Gasteiger partial charge >= 0.3 is 0 Å². The Morgan fingerprint density at radius 1 is 1.11 bits per heavy atom. The molecule has 0 bridgehead atoms. The molecule has 3 heterocycles. The van der Waals surface area contributed by atoms with Crippen LogP contribution in [0.2, 0.25) is 0 Å². The lowest BCUT2D eigenvalue weighted by Crippen LogP contribution is -2.46. The van der Waals surface area contributed by atoms with Gasteiger partial charge in [0, 0.05) is 62.4 Å². The molecule has 2 aromatic heterocycles. The van der Waals surface area contributed by atoms with E-state index >= 15 is 0 Å². The smallest absolute Gasteiger partial charge is 0.289 e. The van der Waals surface area contributed by atoms with Crippen LogP contribution in [0, 0.1) is 5.92 Å². The Morgan fingerprint density at radius 3 is 2.67 bits per heavy atom. The molecule has 2 unspecified atom stereocenters. The molecule has 2 N–H and O–H groups in total. The van der Waals surface area contributed by atoms with E-state index in [-0.39, 0.29) is 23.7 Å². The Labute approximate surface area is 211 Å². The molecular formula is C29H32N4O3. The highest BCUT2D eigenvalue weighted by atomic mass is 16.3. The first kappa shape index (κ1) is 23.7. The summed E-state index contributed by atoms with van der Waals surface area (Å²) in [5.74, 6) is -0.100. The van der Waals surface area contributed by atoms with Crippen molar-refractivity contribution < 1.29 is 14.0 Å². The van der Waals surface area contributed by atoms with Crippen molar-refractivity contribution in [3.8, 4) is 0 Å². The highest BCUT2D eigenvalue weighted by molar-refractivity contribution is 5.92. The second kappa shape index (κ2) is 10.3. The zero-order valence-corrected chi connectivity index (χ0v) is 20.7. The number of hydrogen-bond acceptors (Lipinski definition) is 4. The molecule has 1 fully saturated rings. The van der Waals surface area contributed by atoms with Crippen molar-refractivity contribution in [1.82, 2.24) is 15.2 Å². The van der Waals surface area contributed by atoms with Crippen LogP contribution in [-0.4, -0.2) is 55.4 Å². The normalized spacial score (nSPS) is 16.6. The molecule has 0 aliphatic carbocycles. The van der Waals surface area contributed by atoms with Gasteiger partial charge in [0.15, 0.2) is 5.76 Å². The Hall–Kier alpha value is -4.00. The van der Waals surface area contributed by atoms with Crippen molar-refractivity contribution in [3.63, 3.8) is 0 Å². The van der Waals surface area contributed by atoms with Gasteiger partial charge in [-0.2, -0.15) is 0 Å². The predicted octanol–water partition coefficient (Wildman–Crippen LogP) is 4.63. The summed E-state index contributed by atoms with van der Waals surface area (Å²) in [7, 11) is 4.05. The van der Waals surface area contributed by atoms with Gasteiger partial charge < -0.3 is 24.5 Å². The number of benzene rings is 2. The lowest BCUT2D eigenvalue weighted by molar-refractivity contribution is -0.126. The first-order valence-corrected chi connectivity index (χ1v) is 12.4. The van der Waals surface area contributed by atoms with E-state index < -0.39 is 0 Å². The first-order valence-electron chi connectivity index (χ1n) is 12.4. The van der Waals surface area contributed by atoms with Gasteiger partial charge in [-0.05, 0) is 54.3 Å². The fraction of sp³-hybridized carbons (Fsp3) is 0.310. The number of amides is 2. The summed E-state index contributed by atoms with van der Waals surface area (Å²) in [6, 6.07) is 20.1. The van der Waals surface area contributed by atoms with Crippen molar-refractivity contribution in [3.05, 3.63) is 90.0 Å². The monoisotopic (exact) mass is 484 g/mol. The quantitative estimate of drug-likeness (QED) is 0.401. The Balaban J connectivity index is 1.33. The van der Waals surface area contributed by atoms with Crippen LogP contribution < -0.4 is 10.2 Å². The van der Waals surface area contributed by atoms with Gasteiger partial charge in [0.2, 0.25) is 5.91 Å². The maximum Gasteiger partial charge on any atom is 0.289 e. The van der Waals surface area contributed by atoms with Gasteiger partial charge in [-0.1, -0.05) is 30.3 Å². The largest absolute Gasteiger partial charge is 0.459 e. The number of piperidine rings is 1. The molecule has 1 aliphatic rings. The van der Waals surface area contributed by atoms with Crippen LogP contribution in [0.1, 0.15) is 40.4 Å². The van der Waals surface area contributed by atoms with E-state index in [1.807, 2.05) is 32.4 Å². The van der Waals surface area contributed by atoms with Crippen LogP contribution in [0.15, 0.2) is 77.5 Å². The molecule has 2 atom stereocenters. The van der Waals surface area contributed by atoms with Gasteiger partial charge in [-0.25, -0.2) is 0 Å². The zero-order chi connectivity index (χ0) is 25.1. The van der Waals surface area contributed by atoms with Crippen molar-refractivity contribution in [2.75, 3.05) is 38.6 Å². The number of carbonyl (C=O) groups is 2. The molecule has 5 rings (SSSR count). The molecule has 0 spiro atoms. The van der Waals surface area contributed by atoms with E-state index in [4.69, 9.17) is 4.42 Å². The van der Waals surface area contributed by atoms with E-state index in [1.54, 1.807) is 17.0 Å². The fourth-order valence-corrected chi connectivity index (χ4v) is 5.07. The molecule has 36 heavy (non-hydrogen) atoms. The van der Waals surface area contributed by atoms with Crippen LogP contribution in [0.5, 0.6) is 0 Å². The maximum atomic E-state index is 13.3. The van der Waals surface area contributed by atoms with Crippen LogP contribution in [0.4, 0.5) is 5.69 Å². The molecule has 0 saturated carbocycles.